The molecular weight excluding hydrogens is 477 g/mol. The van der Waals surface area contributed by atoms with E-state index in [2.05, 4.69) is 10.6 Å². The standard InChI is InChI=1S/C21H21F3N4O5S/c1-13-19(29)26-17-12-16(5-6-18(17)33-13)34(31,32)28-9-7-27(8-10-28)20(30)25-15-4-2-3-14(11-15)21(22,23)24/h2-6,11-13H,7-10H2,1H3,(H,25,30)(H,26,29). The number of alkyl halides is 3. The highest BCUT2D eigenvalue weighted by Crippen LogP contribution is 2.33. The summed E-state index contributed by atoms with van der Waals surface area (Å²) in [5, 5.41) is 5.02. The van der Waals surface area contributed by atoms with Crippen LogP contribution in [0.5, 0.6) is 5.75 Å². The zero-order valence-electron chi connectivity index (χ0n) is 17.9. The molecule has 1 atom stereocenters. The lowest BCUT2D eigenvalue weighted by Gasteiger charge is -2.34. The molecule has 2 aliphatic heterocycles. The van der Waals surface area contributed by atoms with Crippen molar-refractivity contribution in [2.45, 2.75) is 24.1 Å². The number of nitrogens with one attached hydrogen (secondary N) is 2. The van der Waals surface area contributed by atoms with E-state index in [-0.39, 0.29) is 48.4 Å². The number of nitrogens with zero attached hydrogens (tertiary/aromatic N) is 2. The van der Waals surface area contributed by atoms with Gasteiger partial charge in [-0.2, -0.15) is 17.5 Å². The van der Waals surface area contributed by atoms with Gasteiger partial charge in [0, 0.05) is 31.9 Å². The maximum Gasteiger partial charge on any atom is 0.416 e. The summed E-state index contributed by atoms with van der Waals surface area (Å²) in [7, 11) is -3.91. The monoisotopic (exact) mass is 498 g/mol. The molecule has 1 unspecified atom stereocenters. The summed E-state index contributed by atoms with van der Waals surface area (Å²) in [6, 6.07) is 7.81. The number of rotatable bonds is 3. The first-order valence-corrected chi connectivity index (χ1v) is 11.7. The van der Waals surface area contributed by atoms with Crippen LogP contribution in [0.3, 0.4) is 0 Å². The fraction of sp³-hybridized carbons (Fsp3) is 0.333. The molecule has 0 spiro atoms. The number of amides is 3. The van der Waals surface area contributed by atoms with Gasteiger partial charge in [0.15, 0.2) is 6.10 Å². The molecule has 2 aromatic rings. The van der Waals surface area contributed by atoms with E-state index < -0.39 is 33.9 Å². The average Bonchev–Trinajstić information content (AvgIpc) is 2.79. The van der Waals surface area contributed by atoms with E-state index in [4.69, 9.17) is 4.74 Å². The SMILES string of the molecule is CC1Oc2ccc(S(=O)(=O)N3CCN(C(=O)Nc4cccc(C(F)(F)F)c4)CC3)cc2NC1=O. The minimum absolute atomic E-state index is 0.00464. The number of carbonyl (C=O) groups is 2. The molecule has 1 saturated heterocycles. The number of hydrogen-bond donors (Lipinski definition) is 2. The summed E-state index contributed by atoms with van der Waals surface area (Å²) in [5.41, 5.74) is -0.645. The minimum Gasteiger partial charge on any atom is -0.479 e. The van der Waals surface area contributed by atoms with Gasteiger partial charge in [-0.1, -0.05) is 6.07 Å². The van der Waals surface area contributed by atoms with E-state index in [1.165, 1.54) is 39.5 Å². The first-order chi connectivity index (χ1) is 15.9. The Morgan fingerprint density at radius 1 is 1.12 bits per heavy atom. The molecule has 3 amide bonds. The summed E-state index contributed by atoms with van der Waals surface area (Å²) < 4.78 is 71.4. The maximum absolute atomic E-state index is 13.1. The Balaban J connectivity index is 1.40. The predicted octanol–water partition coefficient (Wildman–Crippen LogP) is 2.96. The van der Waals surface area contributed by atoms with Crippen molar-refractivity contribution in [2.24, 2.45) is 0 Å². The lowest BCUT2D eigenvalue weighted by molar-refractivity contribution is -0.137. The van der Waals surface area contributed by atoms with Crippen molar-refractivity contribution in [3.63, 3.8) is 0 Å². The van der Waals surface area contributed by atoms with Gasteiger partial charge in [-0.15, -0.1) is 0 Å². The van der Waals surface area contributed by atoms with Crippen molar-refractivity contribution in [3.8, 4) is 5.75 Å². The number of benzene rings is 2. The molecule has 0 aliphatic carbocycles. The second kappa shape index (κ2) is 8.80. The molecular formula is C21H21F3N4O5S. The van der Waals surface area contributed by atoms with Crippen LogP contribution in [0.1, 0.15) is 12.5 Å². The Morgan fingerprint density at radius 2 is 1.82 bits per heavy atom. The highest BCUT2D eigenvalue weighted by Gasteiger charge is 2.33. The van der Waals surface area contributed by atoms with Gasteiger partial charge in [-0.05, 0) is 43.3 Å². The summed E-state index contributed by atoms with van der Waals surface area (Å²) in [5.74, 6) is -0.0235. The van der Waals surface area contributed by atoms with Crippen molar-refractivity contribution in [2.75, 3.05) is 36.8 Å². The zero-order valence-corrected chi connectivity index (χ0v) is 18.7. The van der Waals surface area contributed by atoms with Gasteiger partial charge in [0.2, 0.25) is 10.0 Å². The third-order valence-corrected chi connectivity index (χ3v) is 7.38. The number of piperazine rings is 1. The Labute approximate surface area is 193 Å². The molecule has 0 radical (unpaired) electrons. The number of carbonyl (C=O) groups excluding carboxylic acids is 2. The Bertz CT molecular complexity index is 1230. The summed E-state index contributed by atoms with van der Waals surface area (Å²) in [6.45, 7) is 1.66. The summed E-state index contributed by atoms with van der Waals surface area (Å²) in [6.07, 6.45) is -5.23. The van der Waals surface area contributed by atoms with E-state index in [1.807, 2.05) is 0 Å². The molecule has 0 aromatic heterocycles. The molecule has 34 heavy (non-hydrogen) atoms. The molecule has 2 aromatic carbocycles. The fourth-order valence-electron chi connectivity index (χ4n) is 3.60. The number of sulfonamides is 1. The number of anilines is 2. The second-order valence-corrected chi connectivity index (χ2v) is 9.75. The summed E-state index contributed by atoms with van der Waals surface area (Å²) >= 11 is 0. The first kappa shape index (κ1) is 23.8. The largest absolute Gasteiger partial charge is 0.479 e. The van der Waals surface area contributed by atoms with Gasteiger partial charge in [0.1, 0.15) is 5.75 Å². The van der Waals surface area contributed by atoms with Crippen molar-refractivity contribution in [1.82, 2.24) is 9.21 Å². The Hall–Kier alpha value is -3.32. The van der Waals surface area contributed by atoms with Gasteiger partial charge in [0.25, 0.3) is 5.91 Å². The lowest BCUT2D eigenvalue weighted by atomic mass is 10.2. The number of hydrogen-bond acceptors (Lipinski definition) is 5. The van der Waals surface area contributed by atoms with Crippen molar-refractivity contribution >= 4 is 33.3 Å². The van der Waals surface area contributed by atoms with Gasteiger partial charge < -0.3 is 20.3 Å². The molecule has 1 fully saturated rings. The third kappa shape index (κ3) is 4.80. The van der Waals surface area contributed by atoms with Gasteiger partial charge in [0.05, 0.1) is 16.1 Å². The van der Waals surface area contributed by atoms with E-state index in [9.17, 15) is 31.2 Å². The molecule has 2 N–H and O–H groups in total. The van der Waals surface area contributed by atoms with E-state index in [1.54, 1.807) is 6.92 Å². The molecule has 2 aliphatic rings. The Kier molecular flexibility index (Phi) is 6.16. The highest BCUT2D eigenvalue weighted by atomic mass is 32.2. The number of urea groups is 1. The first-order valence-electron chi connectivity index (χ1n) is 10.3. The quantitative estimate of drug-likeness (QED) is 0.677. The van der Waals surface area contributed by atoms with Crippen LogP contribution in [0.4, 0.5) is 29.3 Å². The van der Waals surface area contributed by atoms with Crippen LogP contribution in [0.25, 0.3) is 0 Å². The van der Waals surface area contributed by atoms with E-state index in [0.29, 0.717) is 5.75 Å². The minimum atomic E-state index is -4.54. The fourth-order valence-corrected chi connectivity index (χ4v) is 5.05. The van der Waals surface area contributed by atoms with Crippen LogP contribution in [0.2, 0.25) is 0 Å². The topological polar surface area (TPSA) is 108 Å². The molecule has 0 saturated carbocycles. The Morgan fingerprint density at radius 3 is 2.50 bits per heavy atom. The molecule has 182 valence electrons. The average molecular weight is 498 g/mol. The number of fused-ring (bicyclic) bond motifs is 1. The van der Waals surface area contributed by atoms with Crippen molar-refractivity contribution in [1.29, 1.82) is 0 Å². The van der Waals surface area contributed by atoms with Crippen LogP contribution < -0.4 is 15.4 Å². The lowest BCUT2D eigenvalue weighted by Crippen LogP contribution is -2.51. The van der Waals surface area contributed by atoms with Gasteiger partial charge in [-0.3, -0.25) is 4.79 Å². The maximum atomic E-state index is 13.1. The van der Waals surface area contributed by atoms with Gasteiger partial charge in [-0.25, -0.2) is 13.2 Å². The van der Waals surface area contributed by atoms with E-state index in [0.717, 1.165) is 12.1 Å². The highest BCUT2D eigenvalue weighted by molar-refractivity contribution is 7.89. The van der Waals surface area contributed by atoms with Crippen LogP contribution in [-0.4, -0.2) is 61.8 Å². The van der Waals surface area contributed by atoms with Gasteiger partial charge >= 0.3 is 12.2 Å². The van der Waals surface area contributed by atoms with E-state index >= 15 is 0 Å². The smallest absolute Gasteiger partial charge is 0.416 e. The van der Waals surface area contributed by atoms with Crippen molar-refractivity contribution in [3.05, 3.63) is 48.0 Å². The molecule has 4 rings (SSSR count). The van der Waals surface area contributed by atoms with Crippen molar-refractivity contribution < 1.29 is 35.9 Å². The number of ether oxygens (including phenoxy) is 1. The van der Waals surface area contributed by atoms with Crippen LogP contribution >= 0.6 is 0 Å². The zero-order chi connectivity index (χ0) is 24.7. The number of halogens is 3. The second-order valence-electron chi connectivity index (χ2n) is 7.81. The third-order valence-electron chi connectivity index (χ3n) is 5.49. The summed E-state index contributed by atoms with van der Waals surface area (Å²) in [4.78, 5) is 25.6. The molecule has 13 heteroatoms. The van der Waals surface area contributed by atoms with Crippen LogP contribution in [0.15, 0.2) is 47.4 Å². The molecule has 0 bridgehead atoms. The van der Waals surface area contributed by atoms with Crippen LogP contribution in [0, 0.1) is 0 Å². The molecule has 9 nitrogen and oxygen atoms in total. The predicted molar refractivity (Wildman–Crippen MR) is 116 cm³/mol. The molecule has 2 heterocycles. The normalized spacial score (nSPS) is 19.1. The van der Waals surface area contributed by atoms with Crippen LogP contribution in [-0.2, 0) is 21.0 Å².